The molecule has 0 saturated carbocycles. The summed E-state index contributed by atoms with van der Waals surface area (Å²) in [4.78, 5) is 3.99. The van der Waals surface area contributed by atoms with Crippen LogP contribution in [0.4, 0.5) is 0 Å². The number of aliphatic hydroxyl groups is 1. The van der Waals surface area contributed by atoms with E-state index < -0.39 is 0 Å². The van der Waals surface area contributed by atoms with Gasteiger partial charge in [-0.1, -0.05) is 17.7 Å². The van der Waals surface area contributed by atoms with Crippen LogP contribution in [0, 0.1) is 0 Å². The first-order valence-electron chi connectivity index (χ1n) is 3.95. The summed E-state index contributed by atoms with van der Waals surface area (Å²) in [6, 6.07) is 5.52. The van der Waals surface area contributed by atoms with Gasteiger partial charge in [-0.2, -0.15) is 0 Å². The average molecular weight is 194 g/mol. The maximum Gasteiger partial charge on any atom is 0.0702 e. The fourth-order valence-corrected chi connectivity index (χ4v) is 1.59. The van der Waals surface area contributed by atoms with Crippen molar-refractivity contribution in [2.75, 3.05) is 0 Å². The second-order valence-electron chi connectivity index (χ2n) is 2.78. The molecule has 0 aliphatic carbocycles. The standard InChI is InChI=1S/C10H8ClNO/c11-10-2-1-7-5-12-4-3-8(7)9(10)6-13/h1-5,13H,6H2. The van der Waals surface area contributed by atoms with Gasteiger partial charge in [-0.25, -0.2) is 0 Å². The van der Waals surface area contributed by atoms with Crippen molar-refractivity contribution in [3.8, 4) is 0 Å². The first-order chi connectivity index (χ1) is 6.33. The van der Waals surface area contributed by atoms with Crippen LogP contribution in [-0.4, -0.2) is 10.1 Å². The quantitative estimate of drug-likeness (QED) is 0.755. The van der Waals surface area contributed by atoms with Gasteiger partial charge in [-0.3, -0.25) is 4.98 Å². The predicted molar refractivity (Wildman–Crippen MR) is 52.7 cm³/mol. The SMILES string of the molecule is OCc1c(Cl)ccc2cnccc12. The number of halogens is 1. The fourth-order valence-electron chi connectivity index (χ4n) is 1.37. The van der Waals surface area contributed by atoms with Gasteiger partial charge in [0.1, 0.15) is 0 Å². The number of fused-ring (bicyclic) bond motifs is 1. The summed E-state index contributed by atoms with van der Waals surface area (Å²) in [6.45, 7) is -0.0415. The lowest BCUT2D eigenvalue weighted by Gasteiger charge is -2.04. The van der Waals surface area contributed by atoms with Crippen molar-refractivity contribution in [1.29, 1.82) is 0 Å². The first-order valence-corrected chi connectivity index (χ1v) is 4.32. The Morgan fingerprint density at radius 2 is 2.15 bits per heavy atom. The Hall–Kier alpha value is -1.12. The third-order valence-electron chi connectivity index (χ3n) is 2.03. The third kappa shape index (κ3) is 1.39. The van der Waals surface area contributed by atoms with Crippen molar-refractivity contribution in [3.63, 3.8) is 0 Å². The molecular weight excluding hydrogens is 186 g/mol. The average Bonchev–Trinajstić information content (AvgIpc) is 2.18. The van der Waals surface area contributed by atoms with Gasteiger partial charge in [0, 0.05) is 28.4 Å². The lowest BCUT2D eigenvalue weighted by molar-refractivity contribution is 0.283. The lowest BCUT2D eigenvalue weighted by atomic mass is 10.1. The van der Waals surface area contributed by atoms with Crippen LogP contribution in [0.1, 0.15) is 5.56 Å². The molecule has 1 heterocycles. The maximum absolute atomic E-state index is 9.11. The van der Waals surface area contributed by atoms with Gasteiger partial charge in [-0.15, -0.1) is 0 Å². The zero-order valence-corrected chi connectivity index (χ0v) is 7.62. The normalized spacial score (nSPS) is 10.6. The summed E-state index contributed by atoms with van der Waals surface area (Å²) in [5.74, 6) is 0. The van der Waals surface area contributed by atoms with Crippen LogP contribution >= 0.6 is 11.6 Å². The zero-order chi connectivity index (χ0) is 9.26. The monoisotopic (exact) mass is 193 g/mol. The topological polar surface area (TPSA) is 33.1 Å². The summed E-state index contributed by atoms with van der Waals surface area (Å²) < 4.78 is 0. The largest absolute Gasteiger partial charge is 0.392 e. The molecular formula is C10H8ClNO. The Bertz CT molecular complexity index is 442. The summed E-state index contributed by atoms with van der Waals surface area (Å²) in [6.07, 6.45) is 3.45. The van der Waals surface area contributed by atoms with Crippen LogP contribution < -0.4 is 0 Å². The van der Waals surface area contributed by atoms with E-state index in [1.54, 1.807) is 18.5 Å². The van der Waals surface area contributed by atoms with E-state index in [-0.39, 0.29) is 6.61 Å². The van der Waals surface area contributed by atoms with Gasteiger partial charge >= 0.3 is 0 Å². The summed E-state index contributed by atoms with van der Waals surface area (Å²) >= 11 is 5.92. The number of pyridine rings is 1. The molecule has 13 heavy (non-hydrogen) atoms. The Kier molecular flexibility index (Phi) is 2.17. The van der Waals surface area contributed by atoms with Crippen molar-refractivity contribution < 1.29 is 5.11 Å². The molecule has 0 radical (unpaired) electrons. The number of nitrogens with zero attached hydrogens (tertiary/aromatic N) is 1. The molecule has 0 saturated heterocycles. The number of hydrogen-bond donors (Lipinski definition) is 1. The van der Waals surface area contributed by atoms with Crippen molar-refractivity contribution in [2.45, 2.75) is 6.61 Å². The van der Waals surface area contributed by atoms with Gasteiger partial charge in [0.15, 0.2) is 0 Å². The van der Waals surface area contributed by atoms with Crippen molar-refractivity contribution in [3.05, 3.63) is 41.2 Å². The fraction of sp³-hybridized carbons (Fsp3) is 0.100. The minimum Gasteiger partial charge on any atom is -0.392 e. The molecule has 0 aliphatic heterocycles. The Labute approximate surface area is 80.8 Å². The number of rotatable bonds is 1. The zero-order valence-electron chi connectivity index (χ0n) is 6.87. The van der Waals surface area contributed by atoms with Crippen LogP contribution in [0.25, 0.3) is 10.8 Å². The molecule has 2 aromatic rings. The van der Waals surface area contributed by atoms with E-state index in [2.05, 4.69) is 4.98 Å². The van der Waals surface area contributed by atoms with E-state index in [4.69, 9.17) is 16.7 Å². The highest BCUT2D eigenvalue weighted by Gasteiger charge is 2.03. The van der Waals surface area contributed by atoms with E-state index in [0.29, 0.717) is 5.02 Å². The maximum atomic E-state index is 9.11. The van der Waals surface area contributed by atoms with Gasteiger partial charge < -0.3 is 5.11 Å². The molecule has 2 rings (SSSR count). The van der Waals surface area contributed by atoms with Crippen molar-refractivity contribution in [2.24, 2.45) is 0 Å². The third-order valence-corrected chi connectivity index (χ3v) is 2.39. The Morgan fingerprint density at radius 3 is 2.92 bits per heavy atom. The van der Waals surface area contributed by atoms with E-state index >= 15 is 0 Å². The van der Waals surface area contributed by atoms with E-state index in [9.17, 15) is 0 Å². The molecule has 0 bridgehead atoms. The molecule has 0 spiro atoms. The molecule has 1 aromatic carbocycles. The van der Waals surface area contributed by atoms with Gasteiger partial charge in [0.25, 0.3) is 0 Å². The van der Waals surface area contributed by atoms with Crippen molar-refractivity contribution in [1.82, 2.24) is 4.98 Å². The first kappa shape index (κ1) is 8.48. The summed E-state index contributed by atoms with van der Waals surface area (Å²) in [5, 5.41) is 11.7. The number of benzene rings is 1. The van der Waals surface area contributed by atoms with Crippen LogP contribution in [0.2, 0.25) is 5.02 Å². The molecule has 0 atom stereocenters. The molecule has 3 heteroatoms. The van der Waals surface area contributed by atoms with E-state index in [1.807, 2.05) is 12.1 Å². The number of aromatic nitrogens is 1. The van der Waals surface area contributed by atoms with E-state index in [1.165, 1.54) is 0 Å². The van der Waals surface area contributed by atoms with Gasteiger partial charge in [0.05, 0.1) is 6.61 Å². The molecule has 0 fully saturated rings. The highest BCUT2D eigenvalue weighted by molar-refractivity contribution is 6.32. The van der Waals surface area contributed by atoms with Crippen LogP contribution in [0.5, 0.6) is 0 Å². The summed E-state index contributed by atoms with van der Waals surface area (Å²) in [5.41, 5.74) is 0.765. The molecule has 0 amide bonds. The molecule has 1 N–H and O–H groups in total. The number of aliphatic hydroxyl groups excluding tert-OH is 1. The Balaban J connectivity index is 2.84. The highest BCUT2D eigenvalue weighted by atomic mass is 35.5. The predicted octanol–water partition coefficient (Wildman–Crippen LogP) is 2.38. The second kappa shape index (κ2) is 3.32. The van der Waals surface area contributed by atoms with Crippen LogP contribution in [0.15, 0.2) is 30.6 Å². The number of hydrogen-bond acceptors (Lipinski definition) is 2. The van der Waals surface area contributed by atoms with Gasteiger partial charge in [-0.05, 0) is 17.5 Å². The minimum absolute atomic E-state index is 0.0415. The molecule has 0 unspecified atom stereocenters. The van der Waals surface area contributed by atoms with Crippen LogP contribution in [-0.2, 0) is 6.61 Å². The minimum atomic E-state index is -0.0415. The van der Waals surface area contributed by atoms with Crippen molar-refractivity contribution >= 4 is 22.4 Å². The Morgan fingerprint density at radius 1 is 1.31 bits per heavy atom. The van der Waals surface area contributed by atoms with Crippen LogP contribution in [0.3, 0.4) is 0 Å². The molecule has 66 valence electrons. The molecule has 1 aromatic heterocycles. The smallest absolute Gasteiger partial charge is 0.0702 e. The summed E-state index contributed by atoms with van der Waals surface area (Å²) in [7, 11) is 0. The van der Waals surface area contributed by atoms with Gasteiger partial charge in [0.2, 0.25) is 0 Å². The van der Waals surface area contributed by atoms with E-state index in [0.717, 1.165) is 16.3 Å². The highest BCUT2D eigenvalue weighted by Crippen LogP contribution is 2.25. The molecule has 2 nitrogen and oxygen atoms in total. The second-order valence-corrected chi connectivity index (χ2v) is 3.19. The molecule has 0 aliphatic rings. The lowest BCUT2D eigenvalue weighted by Crippen LogP contribution is -1.87.